The van der Waals surface area contributed by atoms with Gasteiger partial charge in [0.25, 0.3) is 0 Å². The van der Waals surface area contributed by atoms with E-state index in [9.17, 15) is 39.9 Å². The van der Waals surface area contributed by atoms with Gasteiger partial charge < -0.3 is 39.7 Å². The molecule has 11 atom stereocenters. The van der Waals surface area contributed by atoms with Crippen LogP contribution in [0.5, 0.6) is 0 Å². The zero-order valence-electron chi connectivity index (χ0n) is 27.5. The van der Waals surface area contributed by atoms with Crippen molar-refractivity contribution in [1.82, 2.24) is 0 Å². The molecule has 0 spiro atoms. The van der Waals surface area contributed by atoms with Crippen molar-refractivity contribution in [2.24, 2.45) is 16.7 Å². The number of hydrogen-bond donors (Lipinski definition) is 5. The maximum absolute atomic E-state index is 14.5. The third kappa shape index (κ3) is 5.51. The van der Waals surface area contributed by atoms with E-state index >= 15 is 0 Å². The van der Waals surface area contributed by atoms with Gasteiger partial charge in [0.1, 0.15) is 29.5 Å². The second-order valence-electron chi connectivity index (χ2n) is 14.3. The molecule has 11 nitrogen and oxygen atoms in total. The third-order valence-corrected chi connectivity index (χ3v) is 12.7. The van der Waals surface area contributed by atoms with Crippen molar-refractivity contribution in [2.75, 3.05) is 6.61 Å². The van der Waals surface area contributed by atoms with Crippen LogP contribution < -0.4 is 0 Å². The first-order valence-corrected chi connectivity index (χ1v) is 16.7. The van der Waals surface area contributed by atoms with E-state index in [1.165, 1.54) is 30.4 Å². The Kier molecular flexibility index (Phi) is 10.4. The molecule has 2 aromatic rings. The number of carbonyl (C=O) groups is 3. The number of aliphatic hydroxyl groups is 5. The molecule has 6 rings (SSSR count). The van der Waals surface area contributed by atoms with Crippen LogP contribution in [0.4, 0.5) is 0 Å². The first-order valence-electron chi connectivity index (χ1n) is 15.9. The molecule has 9 unspecified atom stereocenters. The maximum Gasteiger partial charge on any atom is 0.338 e. The Hall–Kier alpha value is -1.53. The van der Waals surface area contributed by atoms with Crippen LogP contribution in [-0.2, 0) is 23.8 Å². The topological polar surface area (TPSA) is 180 Å². The van der Waals surface area contributed by atoms with Crippen molar-refractivity contribution in [3.63, 3.8) is 0 Å². The summed E-state index contributed by atoms with van der Waals surface area (Å²) in [7, 11) is 0. The summed E-state index contributed by atoms with van der Waals surface area (Å²) in [6, 6.07) is 11.6. The molecular weight excluding hydrogens is 855 g/mol. The molecule has 4 aliphatic rings. The molecule has 257 valence electrons. The molecule has 0 amide bonds. The van der Waals surface area contributed by atoms with Crippen LogP contribution in [0, 0.1) is 60.8 Å². The predicted octanol–water partition coefficient (Wildman–Crippen LogP) is 2.29. The van der Waals surface area contributed by atoms with Gasteiger partial charge in [0.15, 0.2) is 11.9 Å². The molecule has 2 heterocycles. The number of ketones is 1. The standard InChI is InChI=1S/C35H42O11S.Ac/c1-17-20(45-31(41)25(37)18(2)21-12-9-13-47-21)15-35(43)29(46-30(40)19-10-7-6-8-11-19)27-33(5,22(36)14-23-34(27,42)16-44-23)28(39)26(38)24(17)32(35,3)4;/h6-13,18,20,22-23,25-27,29,36-38,42-43H,14-16H2,1-5H3;/t18?,20?,22?,23?,25?,26?,27?,29?,33-,34+,35?;/m1./s1. The molecule has 1 saturated heterocycles. The Morgan fingerprint density at radius 1 is 1.04 bits per heavy atom. The monoisotopic (exact) mass is 897 g/mol. The van der Waals surface area contributed by atoms with Crippen molar-refractivity contribution in [2.45, 2.75) is 101 Å². The van der Waals surface area contributed by atoms with Crippen LogP contribution in [0.15, 0.2) is 59.0 Å². The van der Waals surface area contributed by atoms with Crippen molar-refractivity contribution < 1.29 is 98.2 Å². The largest absolute Gasteiger partial charge is 0.456 e. The molecule has 1 radical (unpaired) electrons. The van der Waals surface area contributed by atoms with E-state index in [1.54, 1.807) is 58.0 Å². The quantitative estimate of drug-likeness (QED) is 0.212. The molecule has 5 N–H and O–H groups in total. The minimum Gasteiger partial charge on any atom is -0.456 e. The van der Waals surface area contributed by atoms with Gasteiger partial charge in [0.05, 0.1) is 29.8 Å². The van der Waals surface area contributed by atoms with E-state index in [2.05, 4.69) is 0 Å². The van der Waals surface area contributed by atoms with Gasteiger partial charge in [-0.05, 0) is 48.6 Å². The fourth-order valence-corrected chi connectivity index (χ4v) is 9.31. The molecule has 48 heavy (non-hydrogen) atoms. The van der Waals surface area contributed by atoms with Gasteiger partial charge >= 0.3 is 11.9 Å². The number of rotatable bonds is 6. The van der Waals surface area contributed by atoms with Crippen LogP contribution in [0.25, 0.3) is 0 Å². The number of esters is 2. The van der Waals surface area contributed by atoms with Crippen LogP contribution in [-0.4, -0.2) is 97.7 Å². The summed E-state index contributed by atoms with van der Waals surface area (Å²) in [6.45, 7) is 7.59. The van der Waals surface area contributed by atoms with E-state index in [4.69, 9.17) is 14.2 Å². The van der Waals surface area contributed by atoms with E-state index in [1.807, 2.05) is 5.38 Å². The number of fused-ring (bicyclic) bond motifs is 5. The summed E-state index contributed by atoms with van der Waals surface area (Å²) in [6.07, 6.45) is -9.26. The van der Waals surface area contributed by atoms with Gasteiger partial charge in [0.2, 0.25) is 0 Å². The van der Waals surface area contributed by atoms with Crippen molar-refractivity contribution >= 4 is 29.1 Å². The second-order valence-corrected chi connectivity index (χ2v) is 15.3. The fourth-order valence-electron chi connectivity index (χ4n) is 8.50. The second kappa shape index (κ2) is 13.2. The average Bonchev–Trinajstić information content (AvgIpc) is 3.58. The van der Waals surface area contributed by atoms with Crippen LogP contribution in [0.1, 0.15) is 68.6 Å². The minimum absolute atomic E-state index is 0. The SMILES string of the molecule is CC1=C2C(O)C(=O)[C@]3(C)C(O)CC4OC[C@@]4(O)C3C(OC(=O)c3ccccc3)C(O)(CC1OC(=O)C(O)C(C)c1cccs1)C2(C)C.[Ac]. The number of aliphatic hydroxyl groups excluding tert-OH is 3. The smallest absolute Gasteiger partial charge is 0.338 e. The molecule has 1 aromatic heterocycles. The molecule has 2 saturated carbocycles. The van der Waals surface area contributed by atoms with E-state index in [-0.39, 0.29) is 80.2 Å². The summed E-state index contributed by atoms with van der Waals surface area (Å²) < 4.78 is 17.7. The zero-order valence-corrected chi connectivity index (χ0v) is 33.1. The minimum atomic E-state index is -2.19. The maximum atomic E-state index is 14.5. The Bertz CT molecular complexity index is 1590. The van der Waals surface area contributed by atoms with Crippen molar-refractivity contribution in [3.8, 4) is 0 Å². The first-order chi connectivity index (χ1) is 22.0. The Labute approximate surface area is 318 Å². The van der Waals surface area contributed by atoms with Crippen LogP contribution in [0.2, 0.25) is 0 Å². The first kappa shape index (κ1) is 37.7. The average molecular weight is 898 g/mol. The summed E-state index contributed by atoms with van der Waals surface area (Å²) >= 11 is 1.37. The molecule has 1 aliphatic heterocycles. The van der Waals surface area contributed by atoms with Gasteiger partial charge in [-0.15, -0.1) is 11.3 Å². The molecule has 3 aliphatic carbocycles. The zero-order chi connectivity index (χ0) is 34.3. The number of benzene rings is 1. The van der Waals surface area contributed by atoms with E-state index in [0.29, 0.717) is 0 Å². The normalized spacial score (nSPS) is 38.1. The summed E-state index contributed by atoms with van der Waals surface area (Å²) in [5.74, 6) is -4.71. The Balaban J connectivity index is 0.00000451. The van der Waals surface area contributed by atoms with Gasteiger partial charge in [-0.25, -0.2) is 9.59 Å². The van der Waals surface area contributed by atoms with Crippen molar-refractivity contribution in [3.05, 3.63) is 69.4 Å². The third-order valence-electron chi connectivity index (χ3n) is 11.6. The molecule has 2 bridgehead atoms. The number of carbonyl (C=O) groups excluding carboxylic acids is 3. The van der Waals surface area contributed by atoms with Crippen LogP contribution in [0.3, 0.4) is 0 Å². The molecule has 3 fully saturated rings. The fraction of sp³-hybridized carbons (Fsp3) is 0.571. The summed E-state index contributed by atoms with van der Waals surface area (Å²) in [4.78, 5) is 42.5. The van der Waals surface area contributed by atoms with E-state index in [0.717, 1.165) is 4.88 Å². The Morgan fingerprint density at radius 3 is 2.29 bits per heavy atom. The van der Waals surface area contributed by atoms with Crippen LogP contribution >= 0.6 is 11.3 Å². The van der Waals surface area contributed by atoms with Gasteiger partial charge in [0, 0.05) is 79.0 Å². The number of ether oxygens (including phenoxy) is 3. The van der Waals surface area contributed by atoms with Gasteiger partial charge in [-0.3, -0.25) is 4.79 Å². The number of hydrogen-bond acceptors (Lipinski definition) is 12. The summed E-state index contributed by atoms with van der Waals surface area (Å²) in [5, 5.41) is 61.4. The van der Waals surface area contributed by atoms with Gasteiger partial charge in [-0.1, -0.05) is 45.0 Å². The van der Waals surface area contributed by atoms with Gasteiger partial charge in [-0.2, -0.15) is 0 Å². The Morgan fingerprint density at radius 2 is 1.71 bits per heavy atom. The van der Waals surface area contributed by atoms with E-state index < -0.39 is 88.2 Å². The molecular formula is C35H42AcO11S. The molecule has 13 heteroatoms. The summed E-state index contributed by atoms with van der Waals surface area (Å²) in [5.41, 5.74) is -6.95. The molecule has 1 aromatic carbocycles. The predicted molar refractivity (Wildman–Crippen MR) is 168 cm³/mol. The number of thiophene rings is 1. The van der Waals surface area contributed by atoms with Crippen molar-refractivity contribution in [1.29, 1.82) is 0 Å². The number of Topliss-reactive ketones (excluding diaryl/α,β-unsaturated/α-hetero) is 1.